The Bertz CT molecular complexity index is 588. The Kier molecular flexibility index (Phi) is 3.51. The van der Waals surface area contributed by atoms with E-state index in [9.17, 15) is 0 Å². The lowest BCUT2D eigenvalue weighted by Crippen LogP contribution is -2.25. The van der Waals surface area contributed by atoms with Crippen LogP contribution in [-0.2, 0) is 4.74 Å². The highest BCUT2D eigenvalue weighted by Gasteiger charge is 2.22. The molecule has 0 bridgehead atoms. The average Bonchev–Trinajstić information content (AvgIpc) is 2.89. The minimum atomic E-state index is 0.102. The summed E-state index contributed by atoms with van der Waals surface area (Å²) in [6, 6.07) is 6.23. The lowest BCUT2D eigenvalue weighted by Gasteiger charge is -2.24. The molecule has 1 N–H and O–H groups in total. The van der Waals surface area contributed by atoms with Gasteiger partial charge in [-0.1, -0.05) is 13.0 Å². The Morgan fingerprint density at radius 3 is 3.21 bits per heavy atom. The summed E-state index contributed by atoms with van der Waals surface area (Å²) in [5.41, 5.74) is 2.30. The van der Waals surface area contributed by atoms with Crippen LogP contribution in [0.4, 0.5) is 0 Å². The molecule has 0 fully saturated rings. The number of nitrogens with zero attached hydrogens (tertiary/aromatic N) is 2. The molecule has 3 heterocycles. The van der Waals surface area contributed by atoms with Crippen LogP contribution in [0, 0.1) is 0 Å². The van der Waals surface area contributed by atoms with E-state index in [1.165, 1.54) is 5.56 Å². The Morgan fingerprint density at radius 2 is 2.42 bits per heavy atom. The van der Waals surface area contributed by atoms with Crippen molar-refractivity contribution in [1.29, 1.82) is 0 Å². The van der Waals surface area contributed by atoms with Crippen LogP contribution >= 0.6 is 0 Å². The molecule has 0 spiro atoms. The van der Waals surface area contributed by atoms with Crippen molar-refractivity contribution in [2.75, 3.05) is 13.2 Å². The smallest absolute Gasteiger partial charge is 0.114 e. The van der Waals surface area contributed by atoms with E-state index in [1.807, 2.05) is 29.0 Å². The summed E-state index contributed by atoms with van der Waals surface area (Å²) < 4.78 is 7.73. The first-order valence-corrected chi connectivity index (χ1v) is 6.88. The molecule has 1 aliphatic rings. The van der Waals surface area contributed by atoms with Gasteiger partial charge in [-0.05, 0) is 37.6 Å². The highest BCUT2D eigenvalue weighted by molar-refractivity contribution is 5.56. The van der Waals surface area contributed by atoms with Crippen LogP contribution < -0.4 is 5.32 Å². The van der Waals surface area contributed by atoms with Crippen molar-refractivity contribution in [3.8, 4) is 0 Å². The molecule has 1 atom stereocenters. The first-order valence-electron chi connectivity index (χ1n) is 6.88. The largest absolute Gasteiger partial charge is 0.496 e. The molecule has 0 saturated carbocycles. The Hall–Kier alpha value is -1.81. The maximum atomic E-state index is 5.83. The van der Waals surface area contributed by atoms with Crippen molar-refractivity contribution in [3.63, 3.8) is 0 Å². The molecule has 1 aliphatic heterocycles. The second kappa shape index (κ2) is 5.45. The first-order chi connectivity index (χ1) is 9.40. The zero-order chi connectivity index (χ0) is 13.1. The van der Waals surface area contributed by atoms with E-state index in [-0.39, 0.29) is 6.04 Å². The average molecular weight is 257 g/mol. The number of pyridine rings is 1. The molecule has 19 heavy (non-hydrogen) atoms. The maximum Gasteiger partial charge on any atom is 0.114 e. The van der Waals surface area contributed by atoms with Gasteiger partial charge < -0.3 is 10.1 Å². The van der Waals surface area contributed by atoms with E-state index in [2.05, 4.69) is 29.5 Å². The van der Waals surface area contributed by atoms with Gasteiger partial charge in [0.25, 0.3) is 0 Å². The molecule has 0 amide bonds. The number of hydrogen-bond acceptors (Lipinski definition) is 3. The summed E-state index contributed by atoms with van der Waals surface area (Å²) in [5, 5.41) is 7.91. The van der Waals surface area contributed by atoms with Gasteiger partial charge in [0, 0.05) is 11.8 Å². The Labute approximate surface area is 113 Å². The summed E-state index contributed by atoms with van der Waals surface area (Å²) in [6.45, 7) is 3.82. The summed E-state index contributed by atoms with van der Waals surface area (Å²) in [6.07, 6.45) is 8.30. The fourth-order valence-electron chi connectivity index (χ4n) is 2.52. The molecular weight excluding hydrogens is 238 g/mol. The lowest BCUT2D eigenvalue weighted by molar-refractivity contribution is 0.168. The van der Waals surface area contributed by atoms with Gasteiger partial charge in [0.05, 0.1) is 24.4 Å². The van der Waals surface area contributed by atoms with Gasteiger partial charge in [-0.25, -0.2) is 4.52 Å². The second-order valence-electron chi connectivity index (χ2n) is 4.72. The molecule has 0 aliphatic carbocycles. The van der Waals surface area contributed by atoms with Crippen LogP contribution in [0.5, 0.6) is 0 Å². The quantitative estimate of drug-likeness (QED) is 0.915. The number of ether oxygens (including phenoxy) is 1. The fraction of sp³-hybridized carbons (Fsp3) is 0.400. The van der Waals surface area contributed by atoms with Gasteiger partial charge >= 0.3 is 0 Å². The number of fused-ring (bicyclic) bond motifs is 1. The molecule has 0 aromatic carbocycles. The van der Waals surface area contributed by atoms with Gasteiger partial charge in [0.15, 0.2) is 0 Å². The topological polar surface area (TPSA) is 38.6 Å². The van der Waals surface area contributed by atoms with Crippen molar-refractivity contribution < 1.29 is 4.74 Å². The molecule has 1 unspecified atom stereocenters. The van der Waals surface area contributed by atoms with Crippen LogP contribution in [0.3, 0.4) is 0 Å². The van der Waals surface area contributed by atoms with E-state index < -0.39 is 0 Å². The molecule has 3 rings (SSSR count). The van der Waals surface area contributed by atoms with E-state index >= 15 is 0 Å². The lowest BCUT2D eigenvalue weighted by atomic mass is 10.0. The SMILES string of the molecule is CCNC(C1=CCCCO1)c1cnn2ccccc12. The van der Waals surface area contributed by atoms with E-state index in [1.54, 1.807) is 0 Å². The van der Waals surface area contributed by atoms with E-state index in [4.69, 9.17) is 4.74 Å². The zero-order valence-corrected chi connectivity index (χ0v) is 11.2. The minimum absolute atomic E-state index is 0.102. The van der Waals surface area contributed by atoms with Crippen molar-refractivity contribution >= 4 is 5.52 Å². The van der Waals surface area contributed by atoms with Gasteiger partial charge in [0.1, 0.15) is 5.76 Å². The predicted octanol–water partition coefficient (Wildman–Crippen LogP) is 2.68. The normalized spacial score (nSPS) is 17.0. The number of allylic oxidation sites excluding steroid dienone is 1. The molecule has 0 radical (unpaired) electrons. The predicted molar refractivity (Wildman–Crippen MR) is 74.9 cm³/mol. The van der Waals surface area contributed by atoms with E-state index in [0.29, 0.717) is 0 Å². The molecular formula is C15H19N3O. The number of likely N-dealkylation sites (N-methyl/N-ethyl adjacent to an activating group) is 1. The summed E-state index contributed by atoms with van der Waals surface area (Å²) in [7, 11) is 0. The van der Waals surface area contributed by atoms with Gasteiger partial charge in [-0.3, -0.25) is 0 Å². The van der Waals surface area contributed by atoms with Gasteiger partial charge in [0.2, 0.25) is 0 Å². The van der Waals surface area contributed by atoms with Crippen LogP contribution in [-0.4, -0.2) is 22.8 Å². The minimum Gasteiger partial charge on any atom is -0.496 e. The number of nitrogens with one attached hydrogen (secondary N) is 1. The second-order valence-corrected chi connectivity index (χ2v) is 4.72. The highest BCUT2D eigenvalue weighted by Crippen LogP contribution is 2.28. The van der Waals surface area contributed by atoms with Crippen LogP contribution in [0.2, 0.25) is 0 Å². The third kappa shape index (κ3) is 2.36. The van der Waals surface area contributed by atoms with Gasteiger partial charge in [-0.2, -0.15) is 5.10 Å². The monoisotopic (exact) mass is 257 g/mol. The standard InChI is InChI=1S/C15H19N3O/c1-2-16-15(14-8-4-6-10-19-14)12-11-17-18-9-5-3-7-13(12)18/h3,5,7-9,11,15-16H,2,4,6,10H2,1H3. The Balaban J connectivity index is 2.01. The summed E-state index contributed by atoms with van der Waals surface area (Å²) in [5.74, 6) is 1.03. The van der Waals surface area contributed by atoms with Crippen molar-refractivity contribution in [2.24, 2.45) is 0 Å². The first kappa shape index (κ1) is 12.2. The number of aromatic nitrogens is 2. The van der Waals surface area contributed by atoms with E-state index in [0.717, 1.165) is 37.3 Å². The Morgan fingerprint density at radius 1 is 1.47 bits per heavy atom. The molecule has 2 aromatic rings. The van der Waals surface area contributed by atoms with Crippen LogP contribution in [0.1, 0.15) is 31.4 Å². The van der Waals surface area contributed by atoms with Crippen molar-refractivity contribution in [3.05, 3.63) is 48.0 Å². The van der Waals surface area contributed by atoms with Crippen molar-refractivity contribution in [2.45, 2.75) is 25.8 Å². The zero-order valence-electron chi connectivity index (χ0n) is 11.2. The van der Waals surface area contributed by atoms with Crippen molar-refractivity contribution in [1.82, 2.24) is 14.9 Å². The summed E-state index contributed by atoms with van der Waals surface area (Å²) >= 11 is 0. The molecule has 2 aromatic heterocycles. The van der Waals surface area contributed by atoms with Gasteiger partial charge in [-0.15, -0.1) is 0 Å². The third-order valence-corrected chi connectivity index (χ3v) is 3.42. The number of rotatable bonds is 4. The fourth-order valence-corrected chi connectivity index (χ4v) is 2.52. The molecule has 4 nitrogen and oxygen atoms in total. The third-order valence-electron chi connectivity index (χ3n) is 3.42. The molecule has 4 heteroatoms. The van der Waals surface area contributed by atoms with Crippen LogP contribution in [0.25, 0.3) is 5.52 Å². The maximum absolute atomic E-state index is 5.83. The molecule has 0 saturated heterocycles. The molecule has 100 valence electrons. The van der Waals surface area contributed by atoms with Crippen LogP contribution in [0.15, 0.2) is 42.4 Å². The number of hydrogen-bond donors (Lipinski definition) is 1. The highest BCUT2D eigenvalue weighted by atomic mass is 16.5. The summed E-state index contributed by atoms with van der Waals surface area (Å²) in [4.78, 5) is 0.